The van der Waals surface area contributed by atoms with Crippen LogP contribution in [0.15, 0.2) is 18.3 Å². The van der Waals surface area contributed by atoms with Gasteiger partial charge in [-0.3, -0.25) is 4.79 Å². The number of nitriles is 1. The van der Waals surface area contributed by atoms with E-state index in [1.165, 1.54) is 23.6 Å². The lowest BCUT2D eigenvalue weighted by atomic mass is 10.2. The number of aryl methyl sites for hydroxylation is 1. The summed E-state index contributed by atoms with van der Waals surface area (Å²) in [5.74, 6) is -0.210. The molecule has 0 aliphatic rings. The molecule has 2 aromatic heterocycles. The molecule has 0 bridgehead atoms. The number of hydrogen-bond donors (Lipinski definition) is 1. The lowest BCUT2D eigenvalue weighted by Crippen LogP contribution is -2.25. The molecule has 1 N–H and O–H groups in total. The first-order chi connectivity index (χ1) is 9.19. The predicted molar refractivity (Wildman–Crippen MR) is 69.6 cm³/mol. The van der Waals surface area contributed by atoms with Crippen molar-refractivity contribution >= 4 is 17.2 Å². The highest BCUT2D eigenvalue weighted by Gasteiger charge is 2.06. The fourth-order valence-corrected chi connectivity index (χ4v) is 2.13. The Morgan fingerprint density at radius 2 is 2.32 bits per heavy atom. The Kier molecular flexibility index (Phi) is 4.15. The summed E-state index contributed by atoms with van der Waals surface area (Å²) in [5.41, 5.74) is 0.730. The molecule has 96 valence electrons. The van der Waals surface area contributed by atoms with Crippen LogP contribution < -0.4 is 5.32 Å². The number of aromatic nitrogens is 3. The molecule has 6 nitrogen and oxygen atoms in total. The van der Waals surface area contributed by atoms with E-state index in [1.54, 1.807) is 6.07 Å². The van der Waals surface area contributed by atoms with Crippen molar-refractivity contribution in [2.45, 2.75) is 13.3 Å². The Morgan fingerprint density at radius 1 is 1.47 bits per heavy atom. The monoisotopic (exact) mass is 273 g/mol. The van der Waals surface area contributed by atoms with E-state index in [0.717, 1.165) is 10.0 Å². The molecule has 0 atom stereocenters. The van der Waals surface area contributed by atoms with Crippen LogP contribution in [0, 0.1) is 18.3 Å². The van der Waals surface area contributed by atoms with Crippen LogP contribution in [0.25, 0.3) is 0 Å². The first-order valence-corrected chi connectivity index (χ1v) is 6.44. The molecule has 0 fully saturated rings. The van der Waals surface area contributed by atoms with Crippen LogP contribution in [-0.4, -0.2) is 27.6 Å². The van der Waals surface area contributed by atoms with Crippen LogP contribution >= 0.6 is 11.3 Å². The van der Waals surface area contributed by atoms with Crippen molar-refractivity contribution in [1.82, 2.24) is 20.5 Å². The topological polar surface area (TPSA) is 91.6 Å². The molecule has 0 spiro atoms. The SMILES string of the molecule is Cc1nnc(CCNC(=O)c2ccc(C#N)nc2)s1. The minimum absolute atomic E-state index is 0.210. The molecule has 0 aromatic carbocycles. The van der Waals surface area contributed by atoms with Gasteiger partial charge in [0.2, 0.25) is 0 Å². The predicted octanol–water partition coefficient (Wildman–Crippen LogP) is 1.09. The summed E-state index contributed by atoms with van der Waals surface area (Å²) in [4.78, 5) is 15.6. The van der Waals surface area contributed by atoms with Crippen LogP contribution in [0.5, 0.6) is 0 Å². The van der Waals surface area contributed by atoms with Gasteiger partial charge in [-0.05, 0) is 19.1 Å². The van der Waals surface area contributed by atoms with Crippen LogP contribution in [0.1, 0.15) is 26.1 Å². The average Bonchev–Trinajstić information content (AvgIpc) is 2.84. The maximum Gasteiger partial charge on any atom is 0.252 e. The number of rotatable bonds is 4. The molecular weight excluding hydrogens is 262 g/mol. The first kappa shape index (κ1) is 13.1. The highest BCUT2D eigenvalue weighted by atomic mass is 32.1. The number of nitrogens with one attached hydrogen (secondary N) is 1. The fraction of sp³-hybridized carbons (Fsp3) is 0.250. The van der Waals surface area contributed by atoms with Crippen molar-refractivity contribution in [3.8, 4) is 6.07 Å². The van der Waals surface area contributed by atoms with Crippen LogP contribution in [-0.2, 0) is 6.42 Å². The van der Waals surface area contributed by atoms with E-state index >= 15 is 0 Å². The van der Waals surface area contributed by atoms with Crippen molar-refractivity contribution in [2.75, 3.05) is 6.54 Å². The van der Waals surface area contributed by atoms with Crippen molar-refractivity contribution in [3.05, 3.63) is 39.6 Å². The third-order valence-electron chi connectivity index (χ3n) is 2.33. The normalized spacial score (nSPS) is 9.89. The first-order valence-electron chi connectivity index (χ1n) is 5.62. The molecule has 7 heteroatoms. The molecule has 2 aromatic rings. The summed E-state index contributed by atoms with van der Waals surface area (Å²) in [6.45, 7) is 2.38. The van der Waals surface area contributed by atoms with Gasteiger partial charge in [0.15, 0.2) is 0 Å². The van der Waals surface area contributed by atoms with Crippen molar-refractivity contribution in [3.63, 3.8) is 0 Å². The molecule has 0 aliphatic carbocycles. The highest BCUT2D eigenvalue weighted by Crippen LogP contribution is 2.07. The maximum atomic E-state index is 11.8. The Hall–Kier alpha value is -2.33. The number of amides is 1. The molecule has 2 rings (SSSR count). The Balaban J connectivity index is 1.85. The van der Waals surface area contributed by atoms with Crippen LogP contribution in [0.2, 0.25) is 0 Å². The molecule has 2 heterocycles. The third kappa shape index (κ3) is 3.56. The zero-order chi connectivity index (χ0) is 13.7. The Labute approximate surface area is 114 Å². The zero-order valence-corrected chi connectivity index (χ0v) is 11.1. The Morgan fingerprint density at radius 3 is 2.89 bits per heavy atom. The van der Waals surface area contributed by atoms with E-state index in [9.17, 15) is 4.79 Å². The smallest absolute Gasteiger partial charge is 0.252 e. The summed E-state index contributed by atoms with van der Waals surface area (Å²) >= 11 is 1.52. The summed E-state index contributed by atoms with van der Waals surface area (Å²) in [6, 6.07) is 5.00. The van der Waals surface area contributed by atoms with Gasteiger partial charge in [0.1, 0.15) is 21.8 Å². The summed E-state index contributed by atoms with van der Waals surface area (Å²) in [6.07, 6.45) is 2.05. The molecule has 0 radical (unpaired) electrons. The maximum absolute atomic E-state index is 11.8. The van der Waals surface area contributed by atoms with Gasteiger partial charge >= 0.3 is 0 Å². The largest absolute Gasteiger partial charge is 0.352 e. The van der Waals surface area contributed by atoms with Gasteiger partial charge in [-0.1, -0.05) is 0 Å². The van der Waals surface area contributed by atoms with E-state index < -0.39 is 0 Å². The highest BCUT2D eigenvalue weighted by molar-refractivity contribution is 7.11. The van der Waals surface area contributed by atoms with Crippen LogP contribution in [0.4, 0.5) is 0 Å². The zero-order valence-electron chi connectivity index (χ0n) is 10.3. The van der Waals surface area contributed by atoms with Gasteiger partial charge < -0.3 is 5.32 Å². The van der Waals surface area contributed by atoms with E-state index in [0.29, 0.717) is 24.2 Å². The standard InChI is InChI=1S/C12H11N5OS/c1-8-16-17-11(19-8)4-5-14-12(18)9-2-3-10(6-13)15-7-9/h2-3,7H,4-5H2,1H3,(H,14,18). The van der Waals surface area contributed by atoms with Gasteiger partial charge in [0, 0.05) is 19.2 Å². The lowest BCUT2D eigenvalue weighted by Gasteiger charge is -2.03. The molecule has 0 saturated carbocycles. The minimum atomic E-state index is -0.210. The van der Waals surface area contributed by atoms with Crippen molar-refractivity contribution in [1.29, 1.82) is 5.26 Å². The molecular formula is C12H11N5OS. The van der Waals surface area contributed by atoms with Gasteiger partial charge in [-0.25, -0.2) is 4.98 Å². The summed E-state index contributed by atoms with van der Waals surface area (Å²) in [5, 5.41) is 21.1. The molecule has 19 heavy (non-hydrogen) atoms. The van der Waals surface area contributed by atoms with Gasteiger partial charge in [-0.15, -0.1) is 21.5 Å². The quantitative estimate of drug-likeness (QED) is 0.900. The Bertz CT molecular complexity index is 614. The lowest BCUT2D eigenvalue weighted by molar-refractivity contribution is 0.0954. The van der Waals surface area contributed by atoms with E-state index in [1.807, 2.05) is 13.0 Å². The van der Waals surface area contributed by atoms with Gasteiger partial charge in [-0.2, -0.15) is 5.26 Å². The number of carbonyl (C=O) groups excluding carboxylic acids is 1. The number of pyridine rings is 1. The van der Waals surface area contributed by atoms with Crippen molar-refractivity contribution in [2.24, 2.45) is 0 Å². The average molecular weight is 273 g/mol. The fourth-order valence-electron chi connectivity index (χ4n) is 1.42. The van der Waals surface area contributed by atoms with E-state index in [2.05, 4.69) is 20.5 Å². The van der Waals surface area contributed by atoms with Gasteiger partial charge in [0.05, 0.1) is 5.56 Å². The molecule has 0 unspecified atom stereocenters. The van der Waals surface area contributed by atoms with Crippen molar-refractivity contribution < 1.29 is 4.79 Å². The summed E-state index contributed by atoms with van der Waals surface area (Å²) in [7, 11) is 0. The third-order valence-corrected chi connectivity index (χ3v) is 3.23. The second kappa shape index (κ2) is 6.02. The number of hydrogen-bond acceptors (Lipinski definition) is 6. The molecule has 0 aliphatic heterocycles. The van der Waals surface area contributed by atoms with Gasteiger partial charge in [0.25, 0.3) is 5.91 Å². The minimum Gasteiger partial charge on any atom is -0.352 e. The molecule has 0 saturated heterocycles. The van der Waals surface area contributed by atoms with E-state index in [4.69, 9.17) is 5.26 Å². The molecule has 1 amide bonds. The van der Waals surface area contributed by atoms with E-state index in [-0.39, 0.29) is 5.91 Å². The number of carbonyl (C=O) groups is 1. The summed E-state index contributed by atoms with van der Waals surface area (Å²) < 4.78 is 0. The second-order valence-corrected chi connectivity index (χ2v) is 5.03. The second-order valence-electron chi connectivity index (χ2n) is 3.76. The van der Waals surface area contributed by atoms with Crippen LogP contribution in [0.3, 0.4) is 0 Å². The number of nitrogens with zero attached hydrogens (tertiary/aromatic N) is 4.